The lowest BCUT2D eigenvalue weighted by Gasteiger charge is -2.32. The van der Waals surface area contributed by atoms with Gasteiger partial charge in [0.15, 0.2) is 5.82 Å². The molecule has 0 bridgehead atoms. The number of benzene rings is 3. The highest BCUT2D eigenvalue weighted by Crippen LogP contribution is 2.29. The van der Waals surface area contributed by atoms with Gasteiger partial charge in [0.25, 0.3) is 8.32 Å². The van der Waals surface area contributed by atoms with Gasteiger partial charge in [0, 0.05) is 20.6 Å². The molecule has 6 nitrogen and oxygen atoms in total. The number of hydrogen-bond acceptors (Lipinski definition) is 4. The zero-order valence-electron chi connectivity index (χ0n) is 20.6. The second kappa shape index (κ2) is 11.3. The second-order valence-electron chi connectivity index (χ2n) is 8.88. The van der Waals surface area contributed by atoms with E-state index in [1.807, 2.05) is 55.7 Å². The fraction of sp³-hybridized carbons (Fsp3) is 0.214. The van der Waals surface area contributed by atoms with Crippen molar-refractivity contribution in [2.75, 3.05) is 20.6 Å². The van der Waals surface area contributed by atoms with Gasteiger partial charge < -0.3 is 19.6 Å². The molecular formula is C28H33N5OSi. The molecule has 1 aromatic heterocycles. The lowest BCUT2D eigenvalue weighted by Crippen LogP contribution is -2.59. The molecular weight excluding hydrogens is 450 g/mol. The summed E-state index contributed by atoms with van der Waals surface area (Å²) in [6.07, 6.45) is 3.22. The number of hydrogen-bond donors (Lipinski definition) is 1. The minimum atomic E-state index is -2.59. The van der Waals surface area contributed by atoms with Crippen molar-refractivity contribution in [3.63, 3.8) is 0 Å². The zero-order chi connectivity index (χ0) is 24.7. The topological polar surface area (TPSA) is 68.7 Å². The summed E-state index contributed by atoms with van der Waals surface area (Å²) >= 11 is 0. The minimum Gasteiger partial charge on any atom is -0.398 e. The Balaban J connectivity index is 1.75. The quantitative estimate of drug-likeness (QED) is 0.213. The summed E-state index contributed by atoms with van der Waals surface area (Å²) in [6, 6.07) is 31.2. The van der Waals surface area contributed by atoms with E-state index < -0.39 is 14.4 Å². The number of nitrogens with two attached hydrogens (primary N) is 1. The molecule has 0 fully saturated rings. The Labute approximate surface area is 208 Å². The molecule has 0 amide bonds. The molecule has 1 heterocycles. The third-order valence-electron chi connectivity index (χ3n) is 5.99. The van der Waals surface area contributed by atoms with Gasteiger partial charge in [-0.25, -0.2) is 9.98 Å². The van der Waals surface area contributed by atoms with Crippen LogP contribution in [0, 0.1) is 0 Å². The molecule has 2 N–H and O–H groups in total. The maximum atomic E-state index is 7.01. The predicted octanol–water partition coefficient (Wildman–Crippen LogP) is 3.56. The Morgan fingerprint density at radius 3 is 2.00 bits per heavy atom. The van der Waals surface area contributed by atoms with Crippen LogP contribution in [0.15, 0.2) is 102 Å². The van der Waals surface area contributed by atoms with E-state index in [4.69, 9.17) is 20.1 Å². The van der Waals surface area contributed by atoms with Gasteiger partial charge in [0.1, 0.15) is 11.8 Å². The van der Waals surface area contributed by atoms with Crippen molar-refractivity contribution >= 4 is 30.8 Å². The molecule has 4 rings (SSSR count). The number of nitrogens with zero attached hydrogens (tertiary/aromatic N) is 4. The first-order valence-corrected chi connectivity index (χ1v) is 14.2. The fourth-order valence-corrected chi connectivity index (χ4v) is 7.18. The largest absolute Gasteiger partial charge is 0.398 e. The van der Waals surface area contributed by atoms with Gasteiger partial charge >= 0.3 is 0 Å². The van der Waals surface area contributed by atoms with Crippen molar-refractivity contribution < 1.29 is 4.43 Å². The molecule has 0 spiro atoms. The zero-order valence-corrected chi connectivity index (χ0v) is 21.6. The van der Waals surface area contributed by atoms with E-state index in [0.717, 1.165) is 11.5 Å². The summed E-state index contributed by atoms with van der Waals surface area (Å²) in [5.74, 6) is 0.760. The predicted molar refractivity (Wildman–Crippen MR) is 146 cm³/mol. The lowest BCUT2D eigenvalue weighted by atomic mass is 10.2. The summed E-state index contributed by atoms with van der Waals surface area (Å²) in [6.45, 7) is 3.19. The molecule has 1 atom stereocenters. The molecule has 0 aliphatic carbocycles. The third-order valence-corrected chi connectivity index (χ3v) is 9.62. The van der Waals surface area contributed by atoms with E-state index in [-0.39, 0.29) is 0 Å². The van der Waals surface area contributed by atoms with Gasteiger partial charge in [-0.05, 0) is 22.5 Å². The van der Waals surface area contributed by atoms with E-state index in [9.17, 15) is 0 Å². The summed E-state index contributed by atoms with van der Waals surface area (Å²) in [7, 11) is 1.31. The van der Waals surface area contributed by atoms with Crippen LogP contribution in [0.25, 0.3) is 0 Å². The molecule has 0 saturated heterocycles. The molecule has 35 heavy (non-hydrogen) atoms. The van der Waals surface area contributed by atoms with E-state index >= 15 is 0 Å². The second-order valence-corrected chi connectivity index (χ2v) is 12.3. The number of aromatic nitrogens is 2. The Hall–Kier alpha value is -3.52. The van der Waals surface area contributed by atoms with Crippen LogP contribution in [-0.2, 0) is 11.0 Å². The van der Waals surface area contributed by atoms with Crippen molar-refractivity contribution in [3.05, 3.63) is 109 Å². The van der Waals surface area contributed by atoms with Crippen LogP contribution in [0.1, 0.15) is 17.4 Å². The average Bonchev–Trinajstić information content (AvgIpc) is 3.29. The van der Waals surface area contributed by atoms with Crippen LogP contribution in [0.3, 0.4) is 0 Å². The minimum absolute atomic E-state index is 0.301. The third kappa shape index (κ3) is 5.76. The van der Waals surface area contributed by atoms with Gasteiger partial charge in [0.05, 0.1) is 19.2 Å². The molecule has 0 radical (unpaired) electrons. The van der Waals surface area contributed by atoms with Crippen molar-refractivity contribution in [2.24, 2.45) is 10.7 Å². The molecule has 0 saturated carbocycles. The van der Waals surface area contributed by atoms with Crippen molar-refractivity contribution in [3.8, 4) is 0 Å². The first kappa shape index (κ1) is 24.6. The molecule has 180 valence electrons. The number of aliphatic imine (C=N–C) groups is 1. The van der Waals surface area contributed by atoms with E-state index in [2.05, 4.69) is 71.8 Å². The van der Waals surface area contributed by atoms with Crippen LogP contribution in [0.4, 0.5) is 5.82 Å². The van der Waals surface area contributed by atoms with Gasteiger partial charge in [-0.2, -0.15) is 0 Å². The van der Waals surface area contributed by atoms with Gasteiger partial charge in [0.2, 0.25) is 0 Å². The molecule has 7 heteroatoms. The molecule has 0 aliphatic rings. The molecule has 4 aromatic rings. The normalized spacial score (nSPS) is 12.7. The van der Waals surface area contributed by atoms with Crippen LogP contribution in [0.2, 0.25) is 6.55 Å². The maximum absolute atomic E-state index is 7.01. The van der Waals surface area contributed by atoms with Crippen LogP contribution in [-0.4, -0.2) is 49.7 Å². The van der Waals surface area contributed by atoms with Gasteiger partial charge in [-0.15, -0.1) is 0 Å². The smallest absolute Gasteiger partial charge is 0.253 e. The Morgan fingerprint density at radius 2 is 1.49 bits per heavy atom. The van der Waals surface area contributed by atoms with Crippen LogP contribution >= 0.6 is 0 Å². The molecule has 0 unspecified atom stereocenters. The van der Waals surface area contributed by atoms with Crippen molar-refractivity contribution in [1.29, 1.82) is 0 Å². The highest BCUT2D eigenvalue weighted by Gasteiger charge is 2.38. The average molecular weight is 484 g/mol. The Kier molecular flexibility index (Phi) is 7.92. The monoisotopic (exact) mass is 483 g/mol. The summed E-state index contributed by atoms with van der Waals surface area (Å²) in [4.78, 5) is 11.5. The van der Waals surface area contributed by atoms with Gasteiger partial charge in [-0.1, -0.05) is 91.0 Å². The highest BCUT2D eigenvalue weighted by molar-refractivity contribution is 6.96. The fourth-order valence-electron chi connectivity index (χ4n) is 4.14. The van der Waals surface area contributed by atoms with Crippen molar-refractivity contribution in [2.45, 2.75) is 19.2 Å². The SMILES string of the molecule is CN(C)/C=N/c1c([C@@H](CN)O[Si](C)(c2ccccc2)c2ccccc2)ncn1Cc1ccccc1. The standard InChI is InChI=1S/C28H33N5OSi/c1-32(2)21-31-28-27(30-22-33(28)20-23-13-7-4-8-14-23)26(19-29)34-35(3,24-15-9-5-10-16-24)25-17-11-6-12-18-25/h4-18,21-22,26H,19-20,29H2,1-3H3/b31-21+/t26-/m1/s1. The highest BCUT2D eigenvalue weighted by atomic mass is 28.4. The lowest BCUT2D eigenvalue weighted by molar-refractivity contribution is 0.209. The Bertz CT molecular complexity index is 1190. The van der Waals surface area contributed by atoms with Crippen LogP contribution < -0.4 is 16.1 Å². The van der Waals surface area contributed by atoms with E-state index in [0.29, 0.717) is 13.1 Å². The Morgan fingerprint density at radius 1 is 0.943 bits per heavy atom. The van der Waals surface area contributed by atoms with E-state index in [1.165, 1.54) is 15.9 Å². The summed E-state index contributed by atoms with van der Waals surface area (Å²) < 4.78 is 9.06. The molecule has 3 aromatic carbocycles. The van der Waals surface area contributed by atoms with E-state index in [1.54, 1.807) is 6.34 Å². The van der Waals surface area contributed by atoms with Crippen LogP contribution in [0.5, 0.6) is 0 Å². The summed E-state index contributed by atoms with van der Waals surface area (Å²) in [5.41, 5.74) is 8.27. The maximum Gasteiger partial charge on any atom is 0.253 e. The number of rotatable bonds is 10. The first-order valence-electron chi connectivity index (χ1n) is 11.8. The number of imidazole rings is 1. The van der Waals surface area contributed by atoms with Crippen molar-refractivity contribution in [1.82, 2.24) is 14.5 Å². The molecule has 0 aliphatic heterocycles. The summed E-state index contributed by atoms with van der Waals surface area (Å²) in [5, 5.41) is 2.37. The van der Waals surface area contributed by atoms with Gasteiger partial charge in [-0.3, -0.25) is 0 Å². The first-order chi connectivity index (χ1) is 17.0.